The molecule has 0 aliphatic heterocycles. The summed E-state index contributed by atoms with van der Waals surface area (Å²) in [6, 6.07) is -1.91. The Morgan fingerprint density at radius 1 is 0.974 bits per heavy atom. The normalized spacial score (nSPS) is 12.4. The van der Waals surface area contributed by atoms with Crippen LogP contribution in [0.3, 0.4) is 0 Å². The number of alkyl carbamates (subject to hydrolysis) is 1. The number of ketones is 1. The summed E-state index contributed by atoms with van der Waals surface area (Å²) in [5.41, 5.74) is 20.5. The van der Waals surface area contributed by atoms with Crippen LogP contribution in [-0.4, -0.2) is 77.9 Å². The first-order valence-electron chi connectivity index (χ1n) is 11.9. The summed E-state index contributed by atoms with van der Waals surface area (Å²) in [5, 5.41) is 9.48. The standard InChI is InChI=1S/C22H38N10O5S/c1-22(2,3)37-21(36)32-14(7-5-9-29-20(25)26)17(35)30-12-15(33)31-13(6-4-8-28-19(23)24)16(34)18-27-10-11-38-18/h10-11,13-14H,4-9,12H2,1-3H3,(H,30,35)(H,31,33)(H,32,36)(H4,23,24,28)(H4,25,26,29)/t13-,14+/m0/s1. The number of carbonyl (C=O) groups is 4. The average molecular weight is 555 g/mol. The number of nitrogens with zero attached hydrogens (tertiary/aromatic N) is 3. The number of rotatable bonds is 15. The maximum absolute atomic E-state index is 12.8. The van der Waals surface area contributed by atoms with Crippen LogP contribution in [0.15, 0.2) is 21.6 Å². The summed E-state index contributed by atoms with van der Waals surface area (Å²) < 4.78 is 5.22. The minimum atomic E-state index is -1.01. The number of hydrogen-bond donors (Lipinski definition) is 7. The number of nitrogens with two attached hydrogens (primary N) is 4. The Bertz CT molecular complexity index is 983. The third-order valence-corrected chi connectivity index (χ3v) is 5.40. The number of thiazole rings is 1. The maximum atomic E-state index is 12.8. The molecule has 1 aromatic rings. The molecule has 0 bridgehead atoms. The highest BCUT2D eigenvalue weighted by molar-refractivity contribution is 7.11. The summed E-state index contributed by atoms with van der Waals surface area (Å²) in [7, 11) is 0. The van der Waals surface area contributed by atoms with Crippen molar-refractivity contribution in [3.63, 3.8) is 0 Å². The van der Waals surface area contributed by atoms with Crippen molar-refractivity contribution in [3.8, 4) is 0 Å². The zero-order valence-corrected chi connectivity index (χ0v) is 22.7. The second kappa shape index (κ2) is 16.0. The van der Waals surface area contributed by atoms with Crippen LogP contribution in [0.2, 0.25) is 0 Å². The van der Waals surface area contributed by atoms with Gasteiger partial charge in [0.1, 0.15) is 11.6 Å². The number of nitrogens with one attached hydrogen (secondary N) is 3. The quantitative estimate of drug-likeness (QED) is 0.0597. The molecule has 1 aromatic heterocycles. The largest absolute Gasteiger partial charge is 0.444 e. The molecule has 0 saturated carbocycles. The number of carbonyl (C=O) groups excluding carboxylic acids is 4. The molecule has 0 fully saturated rings. The van der Waals surface area contributed by atoms with Crippen molar-refractivity contribution in [2.24, 2.45) is 32.9 Å². The third-order valence-electron chi connectivity index (χ3n) is 4.62. The van der Waals surface area contributed by atoms with Crippen molar-refractivity contribution in [1.82, 2.24) is 20.9 Å². The van der Waals surface area contributed by atoms with Gasteiger partial charge in [-0.2, -0.15) is 0 Å². The van der Waals surface area contributed by atoms with E-state index in [9.17, 15) is 19.2 Å². The van der Waals surface area contributed by atoms with E-state index in [2.05, 4.69) is 30.9 Å². The molecule has 0 spiro atoms. The minimum Gasteiger partial charge on any atom is -0.444 e. The molecule has 16 heteroatoms. The van der Waals surface area contributed by atoms with Gasteiger partial charge in [0.15, 0.2) is 16.9 Å². The smallest absolute Gasteiger partial charge is 0.408 e. The predicted octanol–water partition coefficient (Wildman–Crippen LogP) is -1.07. The number of Topliss-reactive ketones (excluding diaryl/α,β-unsaturated/α-hetero) is 1. The van der Waals surface area contributed by atoms with Crippen molar-refractivity contribution >= 4 is 46.9 Å². The van der Waals surface area contributed by atoms with E-state index in [4.69, 9.17) is 27.7 Å². The maximum Gasteiger partial charge on any atom is 0.408 e. The van der Waals surface area contributed by atoms with Crippen LogP contribution >= 0.6 is 11.3 Å². The Morgan fingerprint density at radius 2 is 1.55 bits per heavy atom. The number of hydrogen-bond acceptors (Lipinski definition) is 9. The second-order valence-corrected chi connectivity index (χ2v) is 10.0. The van der Waals surface area contributed by atoms with E-state index in [0.717, 1.165) is 11.3 Å². The first-order valence-corrected chi connectivity index (χ1v) is 12.8. The van der Waals surface area contributed by atoms with Gasteiger partial charge in [-0.3, -0.25) is 24.4 Å². The van der Waals surface area contributed by atoms with Gasteiger partial charge in [-0.1, -0.05) is 0 Å². The van der Waals surface area contributed by atoms with E-state index >= 15 is 0 Å². The van der Waals surface area contributed by atoms with Crippen molar-refractivity contribution < 1.29 is 23.9 Å². The van der Waals surface area contributed by atoms with Gasteiger partial charge in [-0.15, -0.1) is 11.3 Å². The van der Waals surface area contributed by atoms with E-state index in [1.807, 2.05) is 0 Å². The van der Waals surface area contributed by atoms with Crippen molar-refractivity contribution in [1.29, 1.82) is 0 Å². The van der Waals surface area contributed by atoms with Gasteiger partial charge in [0.25, 0.3) is 0 Å². The number of guanidine groups is 2. The van der Waals surface area contributed by atoms with Gasteiger partial charge in [0, 0.05) is 24.7 Å². The van der Waals surface area contributed by atoms with Gasteiger partial charge in [-0.25, -0.2) is 9.78 Å². The topological polar surface area (TPSA) is 255 Å². The van der Waals surface area contributed by atoms with Crippen LogP contribution in [-0.2, 0) is 14.3 Å². The molecule has 3 amide bonds. The molecule has 1 rings (SSSR count). The lowest BCUT2D eigenvalue weighted by Crippen LogP contribution is -2.51. The van der Waals surface area contributed by atoms with E-state index < -0.39 is 42.1 Å². The molecular formula is C22H38N10O5S. The Labute approximate surface area is 225 Å². The van der Waals surface area contributed by atoms with Gasteiger partial charge in [-0.05, 0) is 46.5 Å². The second-order valence-electron chi connectivity index (χ2n) is 9.14. The van der Waals surface area contributed by atoms with Crippen LogP contribution < -0.4 is 38.9 Å². The molecule has 0 aliphatic carbocycles. The molecule has 15 nitrogen and oxygen atoms in total. The van der Waals surface area contributed by atoms with Crippen molar-refractivity contribution in [2.75, 3.05) is 19.6 Å². The fraction of sp³-hybridized carbons (Fsp3) is 0.591. The lowest BCUT2D eigenvalue weighted by Gasteiger charge is -2.23. The zero-order valence-electron chi connectivity index (χ0n) is 21.9. The monoisotopic (exact) mass is 554 g/mol. The zero-order chi connectivity index (χ0) is 28.7. The van der Waals surface area contributed by atoms with Crippen LogP contribution in [0.25, 0.3) is 0 Å². The van der Waals surface area contributed by atoms with Crippen molar-refractivity contribution in [2.45, 2.75) is 64.1 Å². The highest BCUT2D eigenvalue weighted by Crippen LogP contribution is 2.11. The van der Waals surface area contributed by atoms with Gasteiger partial charge in [0.2, 0.25) is 17.6 Å². The van der Waals surface area contributed by atoms with Crippen LogP contribution in [0.5, 0.6) is 0 Å². The Morgan fingerprint density at radius 3 is 2.05 bits per heavy atom. The van der Waals surface area contributed by atoms with Crippen LogP contribution in [0, 0.1) is 0 Å². The summed E-state index contributed by atoms with van der Waals surface area (Å²) >= 11 is 1.15. The molecule has 11 N–H and O–H groups in total. The molecule has 0 radical (unpaired) electrons. The fourth-order valence-electron chi connectivity index (χ4n) is 3.02. The molecule has 38 heavy (non-hydrogen) atoms. The highest BCUT2D eigenvalue weighted by atomic mass is 32.1. The number of aromatic nitrogens is 1. The predicted molar refractivity (Wildman–Crippen MR) is 144 cm³/mol. The summed E-state index contributed by atoms with van der Waals surface area (Å²) in [6.07, 6.45) is 1.92. The lowest BCUT2D eigenvalue weighted by molar-refractivity contribution is -0.127. The summed E-state index contributed by atoms with van der Waals surface area (Å²) in [5.74, 6) is -1.76. The molecule has 0 saturated heterocycles. The fourth-order valence-corrected chi connectivity index (χ4v) is 3.66. The van der Waals surface area contributed by atoms with Crippen molar-refractivity contribution in [3.05, 3.63) is 16.6 Å². The van der Waals surface area contributed by atoms with Crippen LogP contribution in [0.1, 0.15) is 56.3 Å². The van der Waals surface area contributed by atoms with Gasteiger partial charge < -0.3 is 43.6 Å². The van der Waals surface area contributed by atoms with Gasteiger partial charge >= 0.3 is 6.09 Å². The molecule has 0 aliphatic rings. The van der Waals surface area contributed by atoms with E-state index in [-0.39, 0.29) is 48.6 Å². The number of aliphatic imine (C=N–C) groups is 2. The minimum absolute atomic E-state index is 0.0765. The van der Waals surface area contributed by atoms with Gasteiger partial charge in [0.05, 0.1) is 12.6 Å². The Kier molecular flexibility index (Phi) is 13.5. The van der Waals surface area contributed by atoms with E-state index in [1.54, 1.807) is 26.2 Å². The molecular weight excluding hydrogens is 516 g/mol. The summed E-state index contributed by atoms with van der Waals surface area (Å²) in [6.45, 7) is 5.13. The molecule has 0 aromatic carbocycles. The summed E-state index contributed by atoms with van der Waals surface area (Å²) in [4.78, 5) is 62.2. The third kappa shape index (κ3) is 14.0. The molecule has 212 valence electrons. The van der Waals surface area contributed by atoms with E-state index in [0.29, 0.717) is 12.8 Å². The Hall–Kier alpha value is -3.95. The first kappa shape index (κ1) is 32.1. The average Bonchev–Trinajstić information content (AvgIpc) is 3.34. The highest BCUT2D eigenvalue weighted by Gasteiger charge is 2.26. The number of ether oxygens (including phenoxy) is 1. The molecule has 2 atom stereocenters. The Balaban J connectivity index is 2.78. The van der Waals surface area contributed by atoms with E-state index in [1.165, 1.54) is 6.20 Å². The van der Waals surface area contributed by atoms with Crippen LogP contribution in [0.4, 0.5) is 4.79 Å². The first-order chi connectivity index (χ1) is 17.8. The molecule has 0 unspecified atom stereocenters. The lowest BCUT2D eigenvalue weighted by atomic mass is 10.1. The molecule has 1 heterocycles. The SMILES string of the molecule is CC(C)(C)OC(=O)N[C@H](CCCN=C(N)N)C(=O)NCC(=O)N[C@@H](CCCN=C(N)N)C(=O)c1nccs1. The number of amides is 3.